The summed E-state index contributed by atoms with van der Waals surface area (Å²) in [5.41, 5.74) is 0.741. The van der Waals surface area contributed by atoms with E-state index in [1.165, 1.54) is 0 Å². The standard InChI is InChI=1S/C14H12F2N2O2S/c15-11-6-10(7-12(16)13(11)19)17-14(20)18(21)8-9-4-2-1-3-5-9/h1-7,19,21H,8H2,(H,17,20). The number of carbonyl (C=O) groups excluding carboxylic acids is 1. The number of anilines is 1. The highest BCUT2D eigenvalue weighted by atomic mass is 32.1. The molecule has 2 aromatic rings. The SMILES string of the molecule is O=C(Nc1cc(F)c(O)c(F)c1)N(S)Cc1ccccc1. The lowest BCUT2D eigenvalue weighted by atomic mass is 10.2. The van der Waals surface area contributed by atoms with Crippen molar-refractivity contribution in [2.75, 3.05) is 5.32 Å². The Bertz CT molecular complexity index is 630. The molecule has 7 heteroatoms. The Morgan fingerprint density at radius 2 is 1.76 bits per heavy atom. The molecule has 21 heavy (non-hydrogen) atoms. The summed E-state index contributed by atoms with van der Waals surface area (Å²) in [6, 6.07) is 10.1. The van der Waals surface area contributed by atoms with Crippen LogP contribution in [-0.4, -0.2) is 15.4 Å². The quantitative estimate of drug-likeness (QED) is 0.600. The van der Waals surface area contributed by atoms with Gasteiger partial charge in [0, 0.05) is 17.8 Å². The van der Waals surface area contributed by atoms with E-state index in [4.69, 9.17) is 5.11 Å². The first-order valence-electron chi connectivity index (χ1n) is 5.96. The number of rotatable bonds is 3. The molecule has 2 rings (SSSR count). The van der Waals surface area contributed by atoms with Gasteiger partial charge in [-0.25, -0.2) is 13.6 Å². The number of aromatic hydroxyl groups is 1. The van der Waals surface area contributed by atoms with Gasteiger partial charge in [-0.15, -0.1) is 0 Å². The van der Waals surface area contributed by atoms with E-state index in [1.54, 1.807) is 0 Å². The van der Waals surface area contributed by atoms with E-state index in [1.807, 2.05) is 30.3 Å². The van der Waals surface area contributed by atoms with Crippen molar-refractivity contribution in [1.29, 1.82) is 0 Å². The fourth-order valence-corrected chi connectivity index (χ4v) is 1.87. The highest BCUT2D eigenvalue weighted by Crippen LogP contribution is 2.24. The Kier molecular flexibility index (Phi) is 4.64. The van der Waals surface area contributed by atoms with Crippen molar-refractivity contribution in [3.8, 4) is 5.75 Å². The number of nitrogens with zero attached hydrogens (tertiary/aromatic N) is 1. The van der Waals surface area contributed by atoms with E-state index < -0.39 is 23.4 Å². The number of halogens is 2. The van der Waals surface area contributed by atoms with E-state index in [0.29, 0.717) is 0 Å². The van der Waals surface area contributed by atoms with Crippen LogP contribution < -0.4 is 5.32 Å². The fourth-order valence-electron chi connectivity index (χ4n) is 1.65. The Balaban J connectivity index is 2.04. The Labute approximate surface area is 125 Å². The van der Waals surface area contributed by atoms with Gasteiger partial charge in [-0.3, -0.25) is 4.31 Å². The second kappa shape index (κ2) is 6.45. The first-order chi connectivity index (χ1) is 9.97. The number of carbonyl (C=O) groups is 1. The summed E-state index contributed by atoms with van der Waals surface area (Å²) in [4.78, 5) is 11.9. The van der Waals surface area contributed by atoms with Crippen molar-refractivity contribution < 1.29 is 18.7 Å². The average Bonchev–Trinajstić information content (AvgIpc) is 2.45. The molecule has 0 spiro atoms. The third-order valence-electron chi connectivity index (χ3n) is 2.68. The minimum atomic E-state index is -1.15. The normalized spacial score (nSPS) is 10.2. The van der Waals surface area contributed by atoms with Crippen LogP contribution >= 0.6 is 12.8 Å². The number of phenolic OH excluding ortho intramolecular Hbond substituents is 1. The number of benzene rings is 2. The highest BCUT2D eigenvalue weighted by Gasteiger charge is 2.14. The van der Waals surface area contributed by atoms with Crippen LogP contribution in [0.25, 0.3) is 0 Å². The van der Waals surface area contributed by atoms with Crippen molar-refractivity contribution in [2.45, 2.75) is 6.54 Å². The Morgan fingerprint density at radius 3 is 2.33 bits per heavy atom. The fraction of sp³-hybridized carbons (Fsp3) is 0.0714. The summed E-state index contributed by atoms with van der Waals surface area (Å²) >= 11 is 4.02. The lowest BCUT2D eigenvalue weighted by Crippen LogP contribution is -2.26. The molecule has 0 saturated heterocycles. The van der Waals surface area contributed by atoms with E-state index in [2.05, 4.69) is 18.1 Å². The van der Waals surface area contributed by atoms with Gasteiger partial charge in [0.2, 0.25) is 0 Å². The topological polar surface area (TPSA) is 52.6 Å². The molecule has 0 saturated carbocycles. The molecule has 110 valence electrons. The minimum absolute atomic E-state index is 0.111. The van der Waals surface area contributed by atoms with Gasteiger partial charge in [0.25, 0.3) is 0 Å². The molecule has 0 aliphatic carbocycles. The minimum Gasteiger partial charge on any atom is -0.503 e. The number of nitrogens with one attached hydrogen (secondary N) is 1. The monoisotopic (exact) mass is 310 g/mol. The summed E-state index contributed by atoms with van der Waals surface area (Å²) in [7, 11) is 0. The van der Waals surface area contributed by atoms with Crippen LogP contribution in [0.1, 0.15) is 5.56 Å². The molecule has 0 aliphatic heterocycles. The largest absolute Gasteiger partial charge is 0.503 e. The number of amides is 2. The van der Waals surface area contributed by atoms with Crippen LogP contribution in [0.4, 0.5) is 19.3 Å². The molecule has 2 amide bonds. The second-order valence-electron chi connectivity index (χ2n) is 4.26. The Hall–Kier alpha value is -2.28. The van der Waals surface area contributed by atoms with Gasteiger partial charge < -0.3 is 10.4 Å². The molecule has 2 aromatic carbocycles. The van der Waals surface area contributed by atoms with Gasteiger partial charge >= 0.3 is 6.03 Å². The zero-order valence-electron chi connectivity index (χ0n) is 10.8. The summed E-state index contributed by atoms with van der Waals surface area (Å²) in [6.45, 7) is 0.221. The van der Waals surface area contributed by atoms with E-state index in [-0.39, 0.29) is 12.2 Å². The van der Waals surface area contributed by atoms with Gasteiger partial charge in [-0.05, 0) is 5.56 Å². The van der Waals surface area contributed by atoms with Crippen molar-refractivity contribution in [3.63, 3.8) is 0 Å². The zero-order valence-corrected chi connectivity index (χ0v) is 11.6. The Morgan fingerprint density at radius 1 is 1.19 bits per heavy atom. The molecule has 2 N–H and O–H groups in total. The van der Waals surface area contributed by atoms with Gasteiger partial charge in [0.05, 0.1) is 6.54 Å². The van der Waals surface area contributed by atoms with Gasteiger partial charge in [-0.2, -0.15) is 0 Å². The molecule has 4 nitrogen and oxygen atoms in total. The first-order valence-corrected chi connectivity index (χ1v) is 6.36. The third kappa shape index (κ3) is 3.85. The van der Waals surface area contributed by atoms with Crippen LogP contribution in [-0.2, 0) is 6.54 Å². The van der Waals surface area contributed by atoms with Gasteiger partial charge in [0.1, 0.15) is 0 Å². The van der Waals surface area contributed by atoms with Crippen LogP contribution in [0, 0.1) is 11.6 Å². The van der Waals surface area contributed by atoms with E-state index in [9.17, 15) is 13.6 Å². The molecule has 0 aromatic heterocycles. The number of urea groups is 1. The van der Waals surface area contributed by atoms with Crippen molar-refractivity contribution in [3.05, 3.63) is 59.7 Å². The van der Waals surface area contributed by atoms with Crippen molar-refractivity contribution >= 4 is 24.5 Å². The van der Waals surface area contributed by atoms with Gasteiger partial charge in [0.15, 0.2) is 17.4 Å². The summed E-state index contributed by atoms with van der Waals surface area (Å²) in [5.74, 6) is -3.39. The maximum absolute atomic E-state index is 13.2. The molecule has 0 heterocycles. The average molecular weight is 310 g/mol. The molecule has 0 aliphatic rings. The number of hydrogen-bond donors (Lipinski definition) is 3. The van der Waals surface area contributed by atoms with Crippen LogP contribution in [0.15, 0.2) is 42.5 Å². The number of phenols is 1. The predicted octanol–water partition coefficient (Wildman–Crippen LogP) is 3.55. The molecule has 0 atom stereocenters. The lowest BCUT2D eigenvalue weighted by molar-refractivity contribution is 0.238. The molecule has 0 radical (unpaired) electrons. The van der Waals surface area contributed by atoms with E-state index >= 15 is 0 Å². The summed E-state index contributed by atoms with van der Waals surface area (Å²) in [6.07, 6.45) is 0. The lowest BCUT2D eigenvalue weighted by Gasteiger charge is -2.16. The molecule has 0 fully saturated rings. The van der Waals surface area contributed by atoms with Crippen molar-refractivity contribution in [2.24, 2.45) is 0 Å². The number of hydrogen-bond acceptors (Lipinski definition) is 3. The molecular formula is C14H12F2N2O2S. The van der Waals surface area contributed by atoms with Gasteiger partial charge in [-0.1, -0.05) is 43.1 Å². The second-order valence-corrected chi connectivity index (χ2v) is 4.74. The first kappa shape index (κ1) is 15.1. The third-order valence-corrected chi connectivity index (χ3v) is 3.00. The maximum atomic E-state index is 13.2. The van der Waals surface area contributed by atoms with Crippen molar-refractivity contribution in [1.82, 2.24) is 4.31 Å². The highest BCUT2D eigenvalue weighted by molar-refractivity contribution is 7.78. The maximum Gasteiger partial charge on any atom is 0.331 e. The smallest absolute Gasteiger partial charge is 0.331 e. The van der Waals surface area contributed by atoms with Crippen LogP contribution in [0.5, 0.6) is 5.75 Å². The van der Waals surface area contributed by atoms with E-state index in [0.717, 1.165) is 22.0 Å². The number of thiol groups is 1. The molecular weight excluding hydrogens is 298 g/mol. The zero-order chi connectivity index (χ0) is 15.4. The molecule has 0 bridgehead atoms. The predicted molar refractivity (Wildman–Crippen MR) is 78.0 cm³/mol. The van der Waals surface area contributed by atoms with Crippen LogP contribution in [0.3, 0.4) is 0 Å². The summed E-state index contributed by atoms with van der Waals surface area (Å²) in [5, 5.41) is 11.3. The van der Waals surface area contributed by atoms with Crippen LogP contribution in [0.2, 0.25) is 0 Å². The molecule has 0 unspecified atom stereocenters. The summed E-state index contributed by atoms with van der Waals surface area (Å²) < 4.78 is 27.4.